The number of aryl methyl sites for hydroxylation is 1. The zero-order valence-corrected chi connectivity index (χ0v) is 14.7. The number of benzene rings is 2. The van der Waals surface area contributed by atoms with E-state index < -0.39 is 21.8 Å². The van der Waals surface area contributed by atoms with Gasteiger partial charge in [0.15, 0.2) is 0 Å². The summed E-state index contributed by atoms with van der Waals surface area (Å²) in [5.41, 5.74) is 0.126. The van der Waals surface area contributed by atoms with Gasteiger partial charge in [-0.05, 0) is 42.7 Å². The summed E-state index contributed by atoms with van der Waals surface area (Å²) in [7, 11) is -2.94. The maximum Gasteiger partial charge on any atom is 0.420 e. The first-order valence-corrected chi connectivity index (χ1v) is 9.34. The van der Waals surface area contributed by atoms with Gasteiger partial charge in [0.25, 0.3) is 10.0 Å². The molecule has 0 aromatic heterocycles. The number of rotatable bonds is 4. The molecule has 0 saturated carbocycles. The molecule has 3 rings (SSSR count). The zero-order chi connectivity index (χ0) is 18.9. The predicted octanol–water partition coefficient (Wildman–Crippen LogP) is 3.87. The third-order valence-corrected chi connectivity index (χ3v) is 5.51. The van der Waals surface area contributed by atoms with Gasteiger partial charge in [-0.2, -0.15) is 13.2 Å². The molecule has 0 fully saturated rings. The molecule has 0 unspecified atom stereocenters. The highest BCUT2D eigenvalue weighted by Crippen LogP contribution is 2.38. The molecule has 5 nitrogen and oxygen atoms in total. The number of halogens is 3. The molecule has 140 valence electrons. The van der Waals surface area contributed by atoms with Gasteiger partial charge in [-0.25, -0.2) is 8.42 Å². The Morgan fingerprint density at radius 3 is 2.65 bits per heavy atom. The summed E-state index contributed by atoms with van der Waals surface area (Å²) in [6.45, 7) is 0.639. The van der Waals surface area contributed by atoms with Gasteiger partial charge in [0, 0.05) is 12.2 Å². The molecule has 26 heavy (non-hydrogen) atoms. The molecule has 1 aliphatic rings. The van der Waals surface area contributed by atoms with Gasteiger partial charge in [-0.3, -0.25) is 4.72 Å². The molecule has 0 amide bonds. The minimum atomic E-state index is -4.67. The Labute approximate surface area is 149 Å². The van der Waals surface area contributed by atoms with Crippen LogP contribution < -0.4 is 14.8 Å². The summed E-state index contributed by atoms with van der Waals surface area (Å²) >= 11 is 0. The van der Waals surface area contributed by atoms with E-state index in [1.165, 1.54) is 12.1 Å². The molecule has 2 aromatic rings. The van der Waals surface area contributed by atoms with Crippen LogP contribution in [-0.2, 0) is 22.6 Å². The highest BCUT2D eigenvalue weighted by Gasteiger charge is 2.35. The van der Waals surface area contributed by atoms with Crippen molar-refractivity contribution in [3.8, 4) is 5.75 Å². The van der Waals surface area contributed by atoms with Crippen LogP contribution in [-0.4, -0.2) is 22.1 Å². The second-order valence-electron chi connectivity index (χ2n) is 5.84. The van der Waals surface area contributed by atoms with E-state index in [1.807, 2.05) is 6.07 Å². The van der Waals surface area contributed by atoms with E-state index in [1.54, 1.807) is 6.07 Å². The Bertz CT molecular complexity index is 927. The van der Waals surface area contributed by atoms with E-state index >= 15 is 0 Å². The molecule has 1 aliphatic heterocycles. The largest absolute Gasteiger partial charge is 0.496 e. The van der Waals surface area contributed by atoms with E-state index in [9.17, 15) is 21.6 Å². The molecule has 2 N–H and O–H groups in total. The molecular formula is C17H17F3N2O3S. The number of ether oxygens (including phenoxy) is 1. The lowest BCUT2D eigenvalue weighted by atomic mass is 10.0. The smallest absolute Gasteiger partial charge is 0.420 e. The van der Waals surface area contributed by atoms with Crippen molar-refractivity contribution in [3.63, 3.8) is 0 Å². The van der Waals surface area contributed by atoms with Crippen molar-refractivity contribution < 1.29 is 26.3 Å². The lowest BCUT2D eigenvalue weighted by Gasteiger charge is -2.21. The maximum absolute atomic E-state index is 13.1. The summed E-state index contributed by atoms with van der Waals surface area (Å²) in [4.78, 5) is 0.0130. The van der Waals surface area contributed by atoms with Crippen LogP contribution in [0.25, 0.3) is 0 Å². The van der Waals surface area contributed by atoms with Gasteiger partial charge in [0.2, 0.25) is 0 Å². The quantitative estimate of drug-likeness (QED) is 0.837. The molecule has 1 heterocycles. The number of nitrogens with one attached hydrogen (secondary N) is 2. The van der Waals surface area contributed by atoms with E-state index in [-0.39, 0.29) is 16.3 Å². The Hall–Kier alpha value is -2.42. The average Bonchev–Trinajstić information content (AvgIpc) is 2.60. The SMILES string of the molecule is COc1ccc(NS(=O)(=O)c2cccc3c2NCCC3)cc1C(F)(F)F. The van der Waals surface area contributed by atoms with Gasteiger partial charge in [0.1, 0.15) is 10.6 Å². The van der Waals surface area contributed by atoms with Crippen molar-refractivity contribution in [1.29, 1.82) is 0 Å². The summed E-state index contributed by atoms with van der Waals surface area (Å²) in [6, 6.07) is 7.91. The number of sulfonamides is 1. The Balaban J connectivity index is 1.99. The number of methoxy groups -OCH3 is 1. The number of hydrogen-bond acceptors (Lipinski definition) is 4. The zero-order valence-electron chi connectivity index (χ0n) is 13.9. The van der Waals surface area contributed by atoms with Crippen molar-refractivity contribution in [2.75, 3.05) is 23.7 Å². The Morgan fingerprint density at radius 2 is 1.96 bits per heavy atom. The molecule has 0 saturated heterocycles. The van der Waals surface area contributed by atoms with Crippen molar-refractivity contribution in [2.24, 2.45) is 0 Å². The molecule has 0 aliphatic carbocycles. The molecule has 0 atom stereocenters. The van der Waals surface area contributed by atoms with E-state index in [0.717, 1.165) is 37.6 Å². The number of fused-ring (bicyclic) bond motifs is 1. The normalized spacial score (nSPS) is 14.3. The van der Waals surface area contributed by atoms with Crippen LogP contribution in [0.15, 0.2) is 41.3 Å². The first kappa shape index (κ1) is 18.4. The number of alkyl halides is 3. The maximum atomic E-state index is 13.1. The second kappa shape index (κ2) is 6.71. The van der Waals surface area contributed by atoms with Crippen LogP contribution in [0, 0.1) is 0 Å². The first-order chi connectivity index (χ1) is 12.2. The average molecular weight is 386 g/mol. The van der Waals surface area contributed by atoms with Crippen LogP contribution in [0.2, 0.25) is 0 Å². The molecule has 0 bridgehead atoms. The van der Waals surface area contributed by atoms with Gasteiger partial charge in [0.05, 0.1) is 18.4 Å². The first-order valence-electron chi connectivity index (χ1n) is 7.86. The summed E-state index contributed by atoms with van der Waals surface area (Å²) in [5.74, 6) is -0.376. The third kappa shape index (κ3) is 3.57. The lowest BCUT2D eigenvalue weighted by Crippen LogP contribution is -2.20. The predicted molar refractivity (Wildman–Crippen MR) is 92.1 cm³/mol. The monoisotopic (exact) mass is 386 g/mol. The Kier molecular flexibility index (Phi) is 4.74. The van der Waals surface area contributed by atoms with Gasteiger partial charge in [-0.1, -0.05) is 12.1 Å². The van der Waals surface area contributed by atoms with Crippen LogP contribution >= 0.6 is 0 Å². The summed E-state index contributed by atoms with van der Waals surface area (Å²) in [5, 5.41) is 3.06. The van der Waals surface area contributed by atoms with E-state index in [4.69, 9.17) is 4.74 Å². The van der Waals surface area contributed by atoms with Crippen LogP contribution in [0.5, 0.6) is 5.75 Å². The van der Waals surface area contributed by atoms with Gasteiger partial charge < -0.3 is 10.1 Å². The van der Waals surface area contributed by atoms with Crippen molar-refractivity contribution in [2.45, 2.75) is 23.9 Å². The highest BCUT2D eigenvalue weighted by atomic mass is 32.2. The molecule has 2 aromatic carbocycles. The fourth-order valence-electron chi connectivity index (χ4n) is 2.90. The van der Waals surface area contributed by atoms with Crippen molar-refractivity contribution >= 4 is 21.4 Å². The molecular weight excluding hydrogens is 369 g/mol. The summed E-state index contributed by atoms with van der Waals surface area (Å²) < 4.78 is 71.8. The highest BCUT2D eigenvalue weighted by molar-refractivity contribution is 7.92. The fraction of sp³-hybridized carbons (Fsp3) is 0.294. The number of hydrogen-bond donors (Lipinski definition) is 2. The minimum Gasteiger partial charge on any atom is -0.496 e. The summed E-state index contributed by atoms with van der Waals surface area (Å²) in [6.07, 6.45) is -3.04. The number of anilines is 2. The van der Waals surface area contributed by atoms with Crippen LogP contribution in [0.3, 0.4) is 0 Å². The third-order valence-electron chi connectivity index (χ3n) is 4.08. The van der Waals surface area contributed by atoms with E-state index in [2.05, 4.69) is 10.0 Å². The Morgan fingerprint density at radius 1 is 1.19 bits per heavy atom. The van der Waals surface area contributed by atoms with Crippen LogP contribution in [0.1, 0.15) is 17.5 Å². The minimum absolute atomic E-state index is 0.0130. The van der Waals surface area contributed by atoms with Crippen molar-refractivity contribution in [1.82, 2.24) is 0 Å². The number of para-hydroxylation sites is 1. The standard InChI is InChI=1S/C17H17F3N2O3S/c1-25-14-8-7-12(10-13(14)17(18,19)20)22-26(23,24)15-6-2-4-11-5-3-9-21-16(11)15/h2,4,6-8,10,21-22H,3,5,9H2,1H3. The van der Waals surface area contributed by atoms with E-state index in [0.29, 0.717) is 12.2 Å². The second-order valence-corrected chi connectivity index (χ2v) is 7.49. The lowest BCUT2D eigenvalue weighted by molar-refractivity contribution is -0.138. The fourth-order valence-corrected chi connectivity index (χ4v) is 4.18. The van der Waals surface area contributed by atoms with Crippen LogP contribution in [0.4, 0.5) is 24.5 Å². The van der Waals surface area contributed by atoms with Crippen molar-refractivity contribution in [3.05, 3.63) is 47.5 Å². The molecule has 0 radical (unpaired) electrons. The van der Waals surface area contributed by atoms with Gasteiger partial charge >= 0.3 is 6.18 Å². The topological polar surface area (TPSA) is 67.4 Å². The van der Waals surface area contributed by atoms with Gasteiger partial charge in [-0.15, -0.1) is 0 Å². The molecule has 9 heteroatoms. The molecule has 0 spiro atoms.